The van der Waals surface area contributed by atoms with Gasteiger partial charge in [0.05, 0.1) is 4.90 Å². The van der Waals surface area contributed by atoms with Crippen molar-refractivity contribution in [3.63, 3.8) is 0 Å². The normalized spacial score (nSPS) is 12.2. The maximum atomic E-state index is 11.9. The van der Waals surface area contributed by atoms with Crippen molar-refractivity contribution in [2.45, 2.75) is 11.4 Å². The highest BCUT2D eigenvalue weighted by Gasteiger charge is 2.18. The summed E-state index contributed by atoms with van der Waals surface area (Å²) >= 11 is 1.36. The number of hydrogen-bond acceptors (Lipinski definition) is 5. The first-order valence-corrected chi connectivity index (χ1v) is 7.24. The Kier molecular flexibility index (Phi) is 4.88. The zero-order valence-electron chi connectivity index (χ0n) is 9.43. The van der Waals surface area contributed by atoms with Crippen LogP contribution in [0.5, 0.6) is 0 Å². The van der Waals surface area contributed by atoms with E-state index in [4.69, 9.17) is 5.73 Å². The summed E-state index contributed by atoms with van der Waals surface area (Å²) in [6.45, 7) is 1.32. The van der Waals surface area contributed by atoms with E-state index in [0.29, 0.717) is 22.9 Å². The highest BCUT2D eigenvalue weighted by molar-refractivity contribution is 7.89. The Hall–Kier alpha value is -0.470. The lowest BCUT2D eigenvalue weighted by atomic mass is 10.5. The molecule has 3 N–H and O–H groups in total. The molecule has 7 heteroatoms. The van der Waals surface area contributed by atoms with E-state index in [1.54, 1.807) is 11.4 Å². The van der Waals surface area contributed by atoms with Crippen molar-refractivity contribution >= 4 is 21.4 Å². The minimum atomic E-state index is -3.40. The lowest BCUT2D eigenvalue weighted by Gasteiger charge is -2.10. The molecule has 1 heterocycles. The number of thiophene rings is 1. The molecule has 92 valence electrons. The van der Waals surface area contributed by atoms with Gasteiger partial charge in [-0.1, -0.05) is 0 Å². The number of nitrogens with two attached hydrogens (primary N) is 1. The predicted octanol–water partition coefficient (Wildman–Crippen LogP) is 0.0467. The molecule has 0 aromatic carbocycles. The van der Waals surface area contributed by atoms with Crippen molar-refractivity contribution in [3.8, 4) is 0 Å². The maximum Gasteiger partial charge on any atom is 0.241 e. The van der Waals surface area contributed by atoms with Gasteiger partial charge in [0.2, 0.25) is 10.0 Å². The number of nitrogens with zero attached hydrogens (tertiary/aromatic N) is 1. The van der Waals surface area contributed by atoms with Gasteiger partial charge in [-0.15, -0.1) is 11.3 Å². The molecule has 0 saturated carbocycles. The summed E-state index contributed by atoms with van der Waals surface area (Å²) in [6.07, 6.45) is 0. The zero-order chi connectivity index (χ0) is 12.2. The summed E-state index contributed by atoms with van der Waals surface area (Å²) in [6, 6.07) is 1.59. The number of rotatable bonds is 6. The number of likely N-dealkylation sites (N-methyl/N-ethyl adjacent to an activating group) is 1. The van der Waals surface area contributed by atoms with Crippen molar-refractivity contribution in [3.05, 3.63) is 16.3 Å². The van der Waals surface area contributed by atoms with Gasteiger partial charge in [0.1, 0.15) is 0 Å². The van der Waals surface area contributed by atoms with E-state index in [9.17, 15) is 8.42 Å². The van der Waals surface area contributed by atoms with E-state index in [1.165, 1.54) is 11.3 Å². The van der Waals surface area contributed by atoms with Crippen molar-refractivity contribution in [1.82, 2.24) is 9.62 Å². The Balaban J connectivity index is 2.71. The van der Waals surface area contributed by atoms with Crippen molar-refractivity contribution in [2.75, 3.05) is 27.2 Å². The first-order chi connectivity index (χ1) is 7.47. The van der Waals surface area contributed by atoms with Gasteiger partial charge in [0.25, 0.3) is 0 Å². The minimum Gasteiger partial charge on any atom is -0.326 e. The van der Waals surface area contributed by atoms with Gasteiger partial charge < -0.3 is 10.6 Å². The van der Waals surface area contributed by atoms with Gasteiger partial charge in [-0.3, -0.25) is 0 Å². The van der Waals surface area contributed by atoms with Crippen LogP contribution < -0.4 is 10.5 Å². The Labute approximate surface area is 100 Å². The standard InChI is InChI=1S/C9H17N3O2S2/c1-12(2)5-4-11-16(13,14)9-3-6-15-8(9)7-10/h3,6,11H,4-5,7,10H2,1-2H3. The topological polar surface area (TPSA) is 75.4 Å². The van der Waals surface area contributed by atoms with Gasteiger partial charge in [0.15, 0.2) is 0 Å². The van der Waals surface area contributed by atoms with E-state index >= 15 is 0 Å². The van der Waals surface area contributed by atoms with Crippen LogP contribution in [0.1, 0.15) is 4.88 Å². The van der Waals surface area contributed by atoms with Crippen LogP contribution in [0.4, 0.5) is 0 Å². The summed E-state index contributed by atoms with van der Waals surface area (Å²) in [4.78, 5) is 2.91. The summed E-state index contributed by atoms with van der Waals surface area (Å²) in [5, 5.41) is 1.74. The van der Waals surface area contributed by atoms with Gasteiger partial charge in [0, 0.05) is 24.5 Å². The summed E-state index contributed by atoms with van der Waals surface area (Å²) < 4.78 is 26.3. The smallest absolute Gasteiger partial charge is 0.241 e. The average molecular weight is 263 g/mol. The molecule has 0 aliphatic carbocycles. The van der Waals surface area contributed by atoms with Crippen molar-refractivity contribution in [2.24, 2.45) is 5.73 Å². The first-order valence-electron chi connectivity index (χ1n) is 4.88. The molecule has 0 aliphatic rings. The van der Waals surface area contributed by atoms with Crippen LogP contribution in [0.25, 0.3) is 0 Å². The Morgan fingerprint density at radius 2 is 2.19 bits per heavy atom. The highest BCUT2D eigenvalue weighted by atomic mass is 32.2. The fraction of sp³-hybridized carbons (Fsp3) is 0.556. The molecular weight excluding hydrogens is 246 g/mol. The molecule has 0 radical (unpaired) electrons. The van der Waals surface area contributed by atoms with Crippen molar-refractivity contribution in [1.29, 1.82) is 0 Å². The molecule has 0 atom stereocenters. The zero-order valence-corrected chi connectivity index (χ0v) is 11.1. The third-order valence-corrected chi connectivity index (χ3v) is 4.65. The van der Waals surface area contributed by atoms with Crippen LogP contribution in [0, 0.1) is 0 Å². The third-order valence-electron chi connectivity index (χ3n) is 2.03. The van der Waals surface area contributed by atoms with Crippen LogP contribution >= 0.6 is 11.3 Å². The summed E-state index contributed by atoms with van der Waals surface area (Å²) in [7, 11) is 0.384. The monoisotopic (exact) mass is 263 g/mol. The average Bonchev–Trinajstić information content (AvgIpc) is 2.64. The van der Waals surface area contributed by atoms with Crippen LogP contribution in [-0.4, -0.2) is 40.5 Å². The quantitative estimate of drug-likeness (QED) is 0.760. The Bertz CT molecular complexity index is 426. The lowest BCUT2D eigenvalue weighted by molar-refractivity contribution is 0.412. The van der Waals surface area contributed by atoms with Gasteiger partial charge in [-0.05, 0) is 25.5 Å². The number of nitrogens with one attached hydrogen (secondary N) is 1. The predicted molar refractivity (Wildman–Crippen MR) is 66.0 cm³/mol. The molecule has 5 nitrogen and oxygen atoms in total. The molecule has 1 aromatic heterocycles. The second-order valence-electron chi connectivity index (χ2n) is 3.61. The van der Waals surface area contributed by atoms with E-state index in [-0.39, 0.29) is 6.54 Å². The van der Waals surface area contributed by atoms with Gasteiger partial charge in [-0.25, -0.2) is 13.1 Å². The Morgan fingerprint density at radius 1 is 1.50 bits per heavy atom. The number of sulfonamides is 1. The molecule has 1 rings (SSSR count). The van der Waals surface area contributed by atoms with E-state index in [2.05, 4.69) is 4.72 Å². The lowest BCUT2D eigenvalue weighted by Crippen LogP contribution is -2.31. The molecule has 1 aromatic rings. The third kappa shape index (κ3) is 3.53. The fourth-order valence-electron chi connectivity index (χ4n) is 1.20. The molecule has 0 bridgehead atoms. The SMILES string of the molecule is CN(C)CCNS(=O)(=O)c1ccsc1CN. The molecule has 0 amide bonds. The molecular formula is C9H17N3O2S2. The van der Waals surface area contributed by atoms with Crippen LogP contribution in [0.15, 0.2) is 16.3 Å². The van der Waals surface area contributed by atoms with E-state index in [1.807, 2.05) is 19.0 Å². The van der Waals surface area contributed by atoms with Gasteiger partial charge in [-0.2, -0.15) is 0 Å². The van der Waals surface area contributed by atoms with Crippen LogP contribution in [-0.2, 0) is 16.6 Å². The van der Waals surface area contributed by atoms with E-state index < -0.39 is 10.0 Å². The fourth-order valence-corrected chi connectivity index (χ4v) is 3.55. The minimum absolute atomic E-state index is 0.252. The van der Waals surface area contributed by atoms with Gasteiger partial charge >= 0.3 is 0 Å². The molecule has 0 spiro atoms. The van der Waals surface area contributed by atoms with E-state index in [0.717, 1.165) is 0 Å². The Morgan fingerprint density at radius 3 is 2.75 bits per heavy atom. The maximum absolute atomic E-state index is 11.9. The van der Waals surface area contributed by atoms with Crippen LogP contribution in [0.2, 0.25) is 0 Å². The van der Waals surface area contributed by atoms with Crippen molar-refractivity contribution < 1.29 is 8.42 Å². The molecule has 0 saturated heterocycles. The first kappa shape index (κ1) is 13.6. The molecule has 0 aliphatic heterocycles. The molecule has 0 unspecified atom stereocenters. The second-order valence-corrected chi connectivity index (χ2v) is 6.35. The van der Waals surface area contributed by atoms with Crippen LogP contribution in [0.3, 0.4) is 0 Å². The second kappa shape index (κ2) is 5.74. The largest absolute Gasteiger partial charge is 0.326 e. The number of hydrogen-bond donors (Lipinski definition) is 2. The summed E-state index contributed by atoms with van der Waals surface area (Å²) in [5.74, 6) is 0. The molecule has 0 fully saturated rings. The highest BCUT2D eigenvalue weighted by Crippen LogP contribution is 2.20. The molecule has 16 heavy (non-hydrogen) atoms. The summed E-state index contributed by atoms with van der Waals surface area (Å²) in [5.41, 5.74) is 5.48.